The number of halogens is 3. The minimum absolute atomic E-state index is 0.0378. The second kappa shape index (κ2) is 13.2. The Balaban J connectivity index is 1.73. The molecule has 0 spiro atoms. The van der Waals surface area contributed by atoms with Crippen molar-refractivity contribution in [3.8, 4) is 5.75 Å². The van der Waals surface area contributed by atoms with Crippen LogP contribution in [0.2, 0.25) is 10.0 Å². The lowest BCUT2D eigenvalue weighted by atomic mass is 10.1. The lowest BCUT2D eigenvalue weighted by Crippen LogP contribution is -2.19. The zero-order valence-electron chi connectivity index (χ0n) is 22.4. The molecule has 8 nitrogen and oxygen atoms in total. The van der Waals surface area contributed by atoms with Crippen LogP contribution in [0.25, 0.3) is 17.0 Å². The molecule has 1 aliphatic heterocycles. The third-order valence-electron chi connectivity index (χ3n) is 6.44. The first-order valence-corrected chi connectivity index (χ1v) is 13.4. The molecule has 1 aliphatic rings. The van der Waals surface area contributed by atoms with Gasteiger partial charge in [-0.15, -0.1) is 0 Å². The summed E-state index contributed by atoms with van der Waals surface area (Å²) in [5.41, 5.74) is 2.00. The Bertz CT molecular complexity index is 1490. The summed E-state index contributed by atoms with van der Waals surface area (Å²) < 4.78 is 34.0. The molecule has 210 valence electrons. The van der Waals surface area contributed by atoms with Crippen molar-refractivity contribution in [3.05, 3.63) is 81.1 Å². The molecule has 40 heavy (non-hydrogen) atoms. The van der Waals surface area contributed by atoms with Gasteiger partial charge in [-0.1, -0.05) is 29.3 Å². The fourth-order valence-electron chi connectivity index (χ4n) is 4.34. The van der Waals surface area contributed by atoms with Crippen LogP contribution in [0.3, 0.4) is 0 Å². The number of ether oxygens (including phenoxy) is 3. The molecule has 2 atom stereocenters. The molecule has 1 unspecified atom stereocenters. The van der Waals surface area contributed by atoms with E-state index in [0.29, 0.717) is 39.0 Å². The number of methoxy groups -OCH3 is 1. The molecule has 0 saturated carbocycles. The largest absolute Gasteiger partial charge is 0.486 e. The molecule has 3 heterocycles. The third-order valence-corrected chi connectivity index (χ3v) is 7.04. The standard InChI is InChI=1S/C29H29Cl2FN4O4/c1-17(8-10-24(33-3)29(37)38-4)23(32)14-25-20-13-19(40-18(2)28-21(30)15-34-16-22(28)31)9-11-26(20)36(35-25)27-7-5-6-12-39-27/h8-11,13-16,18,27H,3,5-7,12H2,1-2,4H3/b17-8+,23-14-,24-10-/t18-,27?/m1/s1. The van der Waals surface area contributed by atoms with E-state index in [-0.39, 0.29) is 17.5 Å². The van der Waals surface area contributed by atoms with Crippen molar-refractivity contribution >= 4 is 52.9 Å². The van der Waals surface area contributed by atoms with E-state index in [4.69, 9.17) is 37.8 Å². The van der Waals surface area contributed by atoms with Gasteiger partial charge in [0.25, 0.3) is 0 Å². The monoisotopic (exact) mass is 586 g/mol. The summed E-state index contributed by atoms with van der Waals surface area (Å²) in [5.74, 6) is -0.689. The van der Waals surface area contributed by atoms with Gasteiger partial charge in [-0.05, 0) is 69.7 Å². The van der Waals surface area contributed by atoms with E-state index in [2.05, 4.69) is 21.4 Å². The van der Waals surface area contributed by atoms with Crippen molar-refractivity contribution in [1.29, 1.82) is 0 Å². The molecular formula is C29H29Cl2FN4O4. The van der Waals surface area contributed by atoms with Crippen LogP contribution in [-0.2, 0) is 14.3 Å². The smallest absolute Gasteiger partial charge is 0.356 e. The van der Waals surface area contributed by atoms with Gasteiger partial charge in [0.2, 0.25) is 0 Å². The number of benzene rings is 1. The molecule has 0 aliphatic carbocycles. The molecule has 11 heteroatoms. The summed E-state index contributed by atoms with van der Waals surface area (Å²) in [7, 11) is 1.23. The normalized spacial score (nSPS) is 17.6. The number of esters is 1. The first kappa shape index (κ1) is 29.5. The number of pyridine rings is 1. The Hall–Kier alpha value is -3.53. The van der Waals surface area contributed by atoms with E-state index in [9.17, 15) is 4.79 Å². The van der Waals surface area contributed by atoms with Crippen molar-refractivity contribution in [2.45, 2.75) is 45.4 Å². The first-order chi connectivity index (χ1) is 19.2. The highest BCUT2D eigenvalue weighted by molar-refractivity contribution is 6.35. The maximum Gasteiger partial charge on any atom is 0.356 e. The zero-order chi connectivity index (χ0) is 28.8. The van der Waals surface area contributed by atoms with Crippen molar-refractivity contribution in [1.82, 2.24) is 14.8 Å². The predicted octanol–water partition coefficient (Wildman–Crippen LogP) is 7.59. The number of rotatable bonds is 9. The lowest BCUT2D eigenvalue weighted by molar-refractivity contribution is -0.136. The average molecular weight is 587 g/mol. The molecule has 0 radical (unpaired) electrons. The van der Waals surface area contributed by atoms with Crippen LogP contribution in [0.15, 0.2) is 64.8 Å². The van der Waals surface area contributed by atoms with Gasteiger partial charge in [0.05, 0.1) is 28.4 Å². The van der Waals surface area contributed by atoms with Gasteiger partial charge in [0.1, 0.15) is 23.4 Å². The predicted molar refractivity (Wildman–Crippen MR) is 154 cm³/mol. The van der Waals surface area contributed by atoms with Crippen molar-refractivity contribution in [3.63, 3.8) is 0 Å². The van der Waals surface area contributed by atoms with E-state index in [1.165, 1.54) is 37.7 Å². The van der Waals surface area contributed by atoms with E-state index in [0.717, 1.165) is 24.8 Å². The van der Waals surface area contributed by atoms with Crippen LogP contribution in [0.1, 0.15) is 56.7 Å². The van der Waals surface area contributed by atoms with Crippen molar-refractivity contribution in [2.24, 2.45) is 4.99 Å². The van der Waals surface area contributed by atoms with E-state index >= 15 is 4.39 Å². The first-order valence-electron chi connectivity index (χ1n) is 12.6. The zero-order valence-corrected chi connectivity index (χ0v) is 23.9. The number of carbonyl (C=O) groups is 1. The van der Waals surface area contributed by atoms with Crippen LogP contribution >= 0.6 is 23.2 Å². The number of carbonyl (C=O) groups excluding carboxylic acids is 1. The molecule has 3 aromatic rings. The van der Waals surface area contributed by atoms with Crippen LogP contribution in [0, 0.1) is 0 Å². The highest BCUT2D eigenvalue weighted by atomic mass is 35.5. The van der Waals surface area contributed by atoms with Gasteiger partial charge in [-0.2, -0.15) is 5.10 Å². The number of aromatic nitrogens is 3. The number of nitrogens with zero attached hydrogens (tertiary/aromatic N) is 4. The van der Waals surface area contributed by atoms with Gasteiger partial charge in [0, 0.05) is 36.0 Å². The summed E-state index contributed by atoms with van der Waals surface area (Å²) in [6, 6.07) is 5.49. The Morgan fingerprint density at radius 2 is 2.02 bits per heavy atom. The maximum absolute atomic E-state index is 15.4. The number of aliphatic imine (C=N–C) groups is 1. The summed E-state index contributed by atoms with van der Waals surface area (Å²) in [4.78, 5) is 19.4. The number of fused-ring (bicyclic) bond motifs is 1. The highest BCUT2D eigenvalue weighted by Crippen LogP contribution is 2.35. The molecular weight excluding hydrogens is 558 g/mol. The summed E-state index contributed by atoms with van der Waals surface area (Å²) in [6.45, 7) is 7.38. The van der Waals surface area contributed by atoms with Crippen molar-refractivity contribution < 1.29 is 23.4 Å². The topological polar surface area (TPSA) is 87.8 Å². The molecule has 0 N–H and O–H groups in total. The van der Waals surface area contributed by atoms with E-state index in [1.54, 1.807) is 17.7 Å². The minimum Gasteiger partial charge on any atom is -0.486 e. The molecule has 4 rings (SSSR count). The fraction of sp³-hybridized carbons (Fsp3) is 0.310. The van der Waals surface area contributed by atoms with Crippen molar-refractivity contribution in [2.75, 3.05) is 13.7 Å². The Kier molecular flexibility index (Phi) is 9.73. The molecule has 0 amide bonds. The van der Waals surface area contributed by atoms with Crippen LogP contribution in [0.4, 0.5) is 4.39 Å². The van der Waals surface area contributed by atoms with Gasteiger partial charge in [0.15, 0.2) is 6.23 Å². The number of hydrogen-bond acceptors (Lipinski definition) is 7. The second-order valence-electron chi connectivity index (χ2n) is 9.15. The van der Waals surface area contributed by atoms with Gasteiger partial charge in [-0.3, -0.25) is 9.98 Å². The van der Waals surface area contributed by atoms with Crippen LogP contribution < -0.4 is 4.74 Å². The molecule has 2 aromatic heterocycles. The maximum atomic E-state index is 15.4. The number of allylic oxidation sites excluding steroid dienone is 4. The summed E-state index contributed by atoms with van der Waals surface area (Å²) in [6.07, 6.45) is 9.17. The van der Waals surface area contributed by atoms with Gasteiger partial charge >= 0.3 is 5.97 Å². The molecule has 0 bridgehead atoms. The third kappa shape index (κ3) is 6.60. The van der Waals surface area contributed by atoms with E-state index < -0.39 is 17.9 Å². The van der Waals surface area contributed by atoms with Gasteiger partial charge in [-0.25, -0.2) is 13.9 Å². The van der Waals surface area contributed by atoms with E-state index in [1.807, 2.05) is 19.1 Å². The second-order valence-corrected chi connectivity index (χ2v) is 9.96. The number of hydrogen-bond donors (Lipinski definition) is 0. The van der Waals surface area contributed by atoms with Gasteiger partial charge < -0.3 is 14.2 Å². The SMILES string of the molecule is C=N\C(=C/C=C(C)/C(F)=C/c1nn(C2CCCCO2)c2ccc(O[C@H](C)c3c(Cl)cncc3Cl)cc12)C(=O)OC. The van der Waals surface area contributed by atoms with Crippen LogP contribution in [-0.4, -0.2) is 41.2 Å². The van der Waals surface area contributed by atoms with Crippen LogP contribution in [0.5, 0.6) is 5.75 Å². The lowest BCUT2D eigenvalue weighted by Gasteiger charge is -2.23. The highest BCUT2D eigenvalue weighted by Gasteiger charge is 2.22. The Morgan fingerprint density at radius 1 is 1.27 bits per heavy atom. The Morgan fingerprint density at radius 3 is 2.67 bits per heavy atom. The fourth-order valence-corrected chi connectivity index (χ4v) is 5.01. The quantitative estimate of drug-likeness (QED) is 0.111. The molecule has 1 saturated heterocycles. The Labute approximate surface area is 241 Å². The molecule has 1 fully saturated rings. The summed E-state index contributed by atoms with van der Waals surface area (Å²) in [5, 5.41) is 6.18. The molecule has 1 aromatic carbocycles. The minimum atomic E-state index is -0.670. The summed E-state index contributed by atoms with van der Waals surface area (Å²) >= 11 is 12.6. The average Bonchev–Trinajstić information content (AvgIpc) is 3.30.